The van der Waals surface area contributed by atoms with Crippen LogP contribution in [-0.4, -0.2) is 11.9 Å². The monoisotopic (exact) mass is 194 g/mol. The molecule has 0 N–H and O–H groups in total. The summed E-state index contributed by atoms with van der Waals surface area (Å²) in [5, 5.41) is 0. The lowest BCUT2D eigenvalue weighted by Gasteiger charge is -2.21. The van der Waals surface area contributed by atoms with E-state index >= 15 is 0 Å². The third-order valence-electron chi connectivity index (χ3n) is 3.03. The second-order valence-electron chi connectivity index (χ2n) is 4.17. The van der Waals surface area contributed by atoms with E-state index in [9.17, 15) is 9.59 Å². The molecule has 0 radical (unpaired) electrons. The van der Waals surface area contributed by atoms with Crippen molar-refractivity contribution in [2.24, 2.45) is 11.8 Å². The Bertz CT molecular complexity index is 304. The smallest absolute Gasteiger partial charge is 0.317 e. The highest BCUT2D eigenvalue weighted by Gasteiger charge is 2.38. The zero-order valence-electron chi connectivity index (χ0n) is 8.29. The van der Waals surface area contributed by atoms with Crippen LogP contribution in [0.4, 0.5) is 0 Å². The van der Waals surface area contributed by atoms with Gasteiger partial charge in [-0.1, -0.05) is 11.6 Å². The van der Waals surface area contributed by atoms with Gasteiger partial charge >= 0.3 is 11.9 Å². The molecule has 2 unspecified atom stereocenters. The first kappa shape index (κ1) is 9.44. The molecule has 2 aliphatic rings. The molecule has 0 aromatic rings. The zero-order chi connectivity index (χ0) is 10.1. The Morgan fingerprint density at radius 2 is 2.21 bits per heavy atom. The number of ether oxygens (including phenoxy) is 1. The van der Waals surface area contributed by atoms with Gasteiger partial charge in [0.1, 0.15) is 0 Å². The second-order valence-corrected chi connectivity index (χ2v) is 4.17. The molecule has 3 nitrogen and oxygen atoms in total. The third kappa shape index (κ3) is 1.72. The van der Waals surface area contributed by atoms with Crippen molar-refractivity contribution in [3.8, 4) is 0 Å². The molecule has 0 aromatic heterocycles. The lowest BCUT2D eigenvalue weighted by Crippen LogP contribution is -2.20. The van der Waals surface area contributed by atoms with Crippen LogP contribution in [0.15, 0.2) is 11.6 Å². The summed E-state index contributed by atoms with van der Waals surface area (Å²) in [6.45, 7) is 2.08. The molecular weight excluding hydrogens is 180 g/mol. The van der Waals surface area contributed by atoms with Crippen molar-refractivity contribution in [2.45, 2.75) is 32.6 Å². The Morgan fingerprint density at radius 1 is 1.43 bits per heavy atom. The van der Waals surface area contributed by atoms with E-state index in [1.54, 1.807) is 0 Å². The van der Waals surface area contributed by atoms with Gasteiger partial charge in [-0.2, -0.15) is 0 Å². The van der Waals surface area contributed by atoms with Crippen molar-refractivity contribution < 1.29 is 14.3 Å². The van der Waals surface area contributed by atoms with E-state index < -0.39 is 0 Å². The number of hydrogen-bond donors (Lipinski definition) is 0. The van der Waals surface area contributed by atoms with Gasteiger partial charge in [0.05, 0.1) is 12.3 Å². The van der Waals surface area contributed by atoms with Gasteiger partial charge in [0.15, 0.2) is 0 Å². The molecule has 0 saturated carbocycles. The highest BCUT2D eigenvalue weighted by atomic mass is 16.6. The summed E-state index contributed by atoms with van der Waals surface area (Å²) in [6, 6.07) is 0. The molecule has 3 heteroatoms. The predicted octanol–water partition coefficient (Wildman–Crippen LogP) is 1.82. The third-order valence-corrected chi connectivity index (χ3v) is 3.03. The normalized spacial score (nSPS) is 32.8. The molecule has 1 fully saturated rings. The lowest BCUT2D eigenvalue weighted by molar-refractivity contribution is -0.153. The molecule has 1 aliphatic carbocycles. The summed E-state index contributed by atoms with van der Waals surface area (Å²) in [4.78, 5) is 22.2. The number of cyclic esters (lactones) is 2. The summed E-state index contributed by atoms with van der Waals surface area (Å²) in [7, 11) is 0. The van der Waals surface area contributed by atoms with E-state index in [1.165, 1.54) is 5.57 Å². The van der Waals surface area contributed by atoms with Crippen LogP contribution < -0.4 is 0 Å². The SMILES string of the molecule is CC1=CC(C2CC(=O)OC2=O)CCC1. The average molecular weight is 194 g/mol. The van der Waals surface area contributed by atoms with Gasteiger partial charge in [-0.05, 0) is 32.1 Å². The van der Waals surface area contributed by atoms with Gasteiger partial charge in [-0.25, -0.2) is 0 Å². The number of rotatable bonds is 1. The molecular formula is C11H14O3. The van der Waals surface area contributed by atoms with Crippen LogP contribution in [0.5, 0.6) is 0 Å². The number of carbonyl (C=O) groups is 2. The first-order valence-electron chi connectivity index (χ1n) is 5.08. The molecule has 1 saturated heterocycles. The van der Waals surface area contributed by atoms with Crippen LogP contribution in [-0.2, 0) is 14.3 Å². The van der Waals surface area contributed by atoms with Crippen molar-refractivity contribution in [3.63, 3.8) is 0 Å². The fraction of sp³-hybridized carbons (Fsp3) is 0.636. The Kier molecular flexibility index (Phi) is 2.40. The second kappa shape index (κ2) is 3.56. The summed E-state index contributed by atoms with van der Waals surface area (Å²) in [5.41, 5.74) is 1.33. The molecule has 2 atom stereocenters. The average Bonchev–Trinajstić information content (AvgIpc) is 2.45. The topological polar surface area (TPSA) is 43.4 Å². The van der Waals surface area contributed by atoms with Crippen molar-refractivity contribution >= 4 is 11.9 Å². The Morgan fingerprint density at radius 3 is 2.79 bits per heavy atom. The van der Waals surface area contributed by atoms with E-state index in [-0.39, 0.29) is 30.2 Å². The molecule has 1 heterocycles. The van der Waals surface area contributed by atoms with Crippen LogP contribution in [0.25, 0.3) is 0 Å². The van der Waals surface area contributed by atoms with Crippen molar-refractivity contribution in [1.29, 1.82) is 0 Å². The van der Waals surface area contributed by atoms with Crippen molar-refractivity contribution in [2.75, 3.05) is 0 Å². The summed E-state index contributed by atoms with van der Waals surface area (Å²) >= 11 is 0. The Labute approximate surface area is 83.1 Å². The molecule has 14 heavy (non-hydrogen) atoms. The summed E-state index contributed by atoms with van der Waals surface area (Å²) in [6.07, 6.45) is 5.64. The van der Waals surface area contributed by atoms with E-state index in [2.05, 4.69) is 17.7 Å². The predicted molar refractivity (Wildman–Crippen MR) is 50.3 cm³/mol. The van der Waals surface area contributed by atoms with Crippen molar-refractivity contribution in [1.82, 2.24) is 0 Å². The highest BCUT2D eigenvalue weighted by Crippen LogP contribution is 2.33. The van der Waals surface area contributed by atoms with Gasteiger partial charge in [0.25, 0.3) is 0 Å². The number of esters is 2. The largest absolute Gasteiger partial charge is 0.393 e. The molecule has 1 aliphatic heterocycles. The van der Waals surface area contributed by atoms with E-state index in [1.807, 2.05) is 0 Å². The Balaban J connectivity index is 2.11. The van der Waals surface area contributed by atoms with Crippen LogP contribution in [0.1, 0.15) is 32.6 Å². The highest BCUT2D eigenvalue weighted by molar-refractivity contribution is 5.94. The summed E-state index contributed by atoms with van der Waals surface area (Å²) < 4.78 is 4.56. The maximum atomic E-state index is 11.3. The van der Waals surface area contributed by atoms with Crippen LogP contribution >= 0.6 is 0 Å². The van der Waals surface area contributed by atoms with Gasteiger partial charge in [-0.15, -0.1) is 0 Å². The maximum absolute atomic E-state index is 11.3. The van der Waals surface area contributed by atoms with Crippen LogP contribution in [0.3, 0.4) is 0 Å². The zero-order valence-corrected chi connectivity index (χ0v) is 8.29. The lowest BCUT2D eigenvalue weighted by atomic mass is 9.81. The number of carbonyl (C=O) groups excluding carboxylic acids is 2. The molecule has 0 aromatic carbocycles. The van der Waals surface area contributed by atoms with E-state index in [0.29, 0.717) is 0 Å². The van der Waals surface area contributed by atoms with Gasteiger partial charge < -0.3 is 4.74 Å². The minimum absolute atomic E-state index is 0.210. The van der Waals surface area contributed by atoms with E-state index in [0.717, 1.165) is 19.3 Å². The van der Waals surface area contributed by atoms with Gasteiger partial charge in [-0.3, -0.25) is 9.59 Å². The fourth-order valence-corrected chi connectivity index (χ4v) is 2.28. The molecule has 0 bridgehead atoms. The quantitative estimate of drug-likeness (QED) is 0.363. The van der Waals surface area contributed by atoms with Crippen LogP contribution in [0.2, 0.25) is 0 Å². The van der Waals surface area contributed by atoms with Crippen molar-refractivity contribution in [3.05, 3.63) is 11.6 Å². The van der Waals surface area contributed by atoms with Gasteiger partial charge in [0.2, 0.25) is 0 Å². The summed E-state index contributed by atoms with van der Waals surface area (Å²) in [5.74, 6) is -0.678. The standard InChI is InChI=1S/C11H14O3/c1-7-3-2-4-8(5-7)9-6-10(12)14-11(9)13/h5,8-9H,2-4,6H2,1H3. The minimum Gasteiger partial charge on any atom is -0.393 e. The molecule has 2 rings (SSSR count). The van der Waals surface area contributed by atoms with E-state index in [4.69, 9.17) is 0 Å². The van der Waals surface area contributed by atoms with Gasteiger partial charge in [0, 0.05) is 0 Å². The number of hydrogen-bond acceptors (Lipinski definition) is 3. The maximum Gasteiger partial charge on any atom is 0.317 e. The molecule has 76 valence electrons. The first-order chi connectivity index (χ1) is 6.66. The number of allylic oxidation sites excluding steroid dienone is 2. The Hall–Kier alpha value is -1.12. The molecule has 0 amide bonds. The first-order valence-corrected chi connectivity index (χ1v) is 5.08. The fourth-order valence-electron chi connectivity index (χ4n) is 2.28. The molecule has 0 spiro atoms. The minimum atomic E-state index is -0.364. The van der Waals surface area contributed by atoms with Crippen LogP contribution in [0, 0.1) is 11.8 Å².